The highest BCUT2D eigenvalue weighted by Gasteiger charge is 2.12. The van der Waals surface area contributed by atoms with Crippen LogP contribution in [0, 0.1) is 5.82 Å². The first-order valence-electron chi connectivity index (χ1n) is 5.00. The minimum Gasteiger partial charge on any atom is -0.465 e. The molecule has 0 atom stereocenters. The molecule has 0 saturated heterocycles. The van der Waals surface area contributed by atoms with Gasteiger partial charge in [-0.2, -0.15) is 0 Å². The van der Waals surface area contributed by atoms with Gasteiger partial charge in [0.2, 0.25) is 0 Å². The molecule has 0 fully saturated rings. The van der Waals surface area contributed by atoms with Crippen LogP contribution in [-0.4, -0.2) is 18.1 Å². The number of rotatable bonds is 2. The Balaban J connectivity index is 2.51. The molecule has 0 unspecified atom stereocenters. The number of carbonyl (C=O) groups is 1. The average molecular weight is 231 g/mol. The Hall–Kier alpha value is -2.23. The van der Waals surface area contributed by atoms with E-state index in [9.17, 15) is 9.18 Å². The Morgan fingerprint density at radius 2 is 1.94 bits per heavy atom. The van der Waals surface area contributed by atoms with Crippen molar-refractivity contribution in [3.63, 3.8) is 0 Å². The van der Waals surface area contributed by atoms with Gasteiger partial charge in [0.15, 0.2) is 0 Å². The number of methoxy groups -OCH3 is 1. The molecule has 1 heterocycles. The summed E-state index contributed by atoms with van der Waals surface area (Å²) in [5, 5.41) is 0. The summed E-state index contributed by atoms with van der Waals surface area (Å²) >= 11 is 0. The molecule has 1 aromatic heterocycles. The SMILES string of the molecule is COC(=O)c1ccncc1-c1ccc(F)cc1. The maximum Gasteiger partial charge on any atom is 0.338 e. The number of pyridine rings is 1. The van der Waals surface area contributed by atoms with Crippen LogP contribution >= 0.6 is 0 Å². The van der Waals surface area contributed by atoms with Gasteiger partial charge in [-0.1, -0.05) is 12.1 Å². The largest absolute Gasteiger partial charge is 0.465 e. The number of aromatic nitrogens is 1. The summed E-state index contributed by atoms with van der Waals surface area (Å²) in [6, 6.07) is 7.44. The van der Waals surface area contributed by atoms with E-state index in [4.69, 9.17) is 0 Å². The summed E-state index contributed by atoms with van der Waals surface area (Å²) < 4.78 is 17.5. The number of esters is 1. The molecule has 0 aliphatic rings. The van der Waals surface area contributed by atoms with E-state index >= 15 is 0 Å². The molecule has 2 rings (SSSR count). The lowest BCUT2D eigenvalue weighted by Crippen LogP contribution is -2.03. The smallest absolute Gasteiger partial charge is 0.338 e. The lowest BCUT2D eigenvalue weighted by atomic mass is 10.0. The van der Waals surface area contributed by atoms with E-state index in [-0.39, 0.29) is 5.82 Å². The second-order valence-electron chi connectivity index (χ2n) is 3.42. The first-order valence-corrected chi connectivity index (χ1v) is 5.00. The fourth-order valence-corrected chi connectivity index (χ4v) is 1.54. The number of benzene rings is 1. The fraction of sp³-hybridized carbons (Fsp3) is 0.0769. The zero-order valence-corrected chi connectivity index (χ0v) is 9.18. The minimum atomic E-state index is -0.438. The van der Waals surface area contributed by atoms with Crippen LogP contribution in [-0.2, 0) is 4.74 Å². The van der Waals surface area contributed by atoms with E-state index in [1.807, 2.05) is 0 Å². The third-order valence-electron chi connectivity index (χ3n) is 2.38. The van der Waals surface area contributed by atoms with Gasteiger partial charge in [0.25, 0.3) is 0 Å². The van der Waals surface area contributed by atoms with Gasteiger partial charge < -0.3 is 4.74 Å². The average Bonchev–Trinajstić information content (AvgIpc) is 2.39. The zero-order chi connectivity index (χ0) is 12.3. The predicted molar refractivity (Wildman–Crippen MR) is 61.0 cm³/mol. The van der Waals surface area contributed by atoms with Crippen LogP contribution in [0.3, 0.4) is 0 Å². The molecule has 0 saturated carbocycles. The molecule has 0 spiro atoms. The Kier molecular flexibility index (Phi) is 3.14. The van der Waals surface area contributed by atoms with Gasteiger partial charge in [-0.25, -0.2) is 9.18 Å². The number of carbonyl (C=O) groups excluding carboxylic acids is 1. The van der Waals surface area contributed by atoms with E-state index in [1.165, 1.54) is 25.4 Å². The van der Waals surface area contributed by atoms with Crippen molar-refractivity contribution in [2.24, 2.45) is 0 Å². The number of hydrogen-bond donors (Lipinski definition) is 0. The zero-order valence-electron chi connectivity index (χ0n) is 9.18. The molecule has 0 bridgehead atoms. The van der Waals surface area contributed by atoms with Gasteiger partial charge >= 0.3 is 5.97 Å². The Morgan fingerprint density at radius 1 is 1.24 bits per heavy atom. The maximum atomic E-state index is 12.8. The van der Waals surface area contributed by atoms with Gasteiger partial charge in [-0.15, -0.1) is 0 Å². The Morgan fingerprint density at radius 3 is 2.59 bits per heavy atom. The molecule has 0 radical (unpaired) electrons. The van der Waals surface area contributed by atoms with E-state index in [0.717, 1.165) is 5.56 Å². The topological polar surface area (TPSA) is 39.2 Å². The summed E-state index contributed by atoms with van der Waals surface area (Å²) in [6.45, 7) is 0. The summed E-state index contributed by atoms with van der Waals surface area (Å²) in [6.07, 6.45) is 3.07. The number of nitrogens with zero attached hydrogens (tertiary/aromatic N) is 1. The molecule has 86 valence electrons. The first kappa shape index (κ1) is 11.3. The summed E-state index contributed by atoms with van der Waals surface area (Å²) in [5.41, 5.74) is 1.76. The molecule has 1 aromatic carbocycles. The summed E-state index contributed by atoms with van der Waals surface area (Å²) in [7, 11) is 1.32. The summed E-state index contributed by atoms with van der Waals surface area (Å²) in [5.74, 6) is -0.760. The van der Waals surface area contributed by atoms with Gasteiger partial charge in [0.05, 0.1) is 12.7 Å². The molecule has 0 aliphatic carbocycles. The van der Waals surface area contributed by atoms with Crippen molar-refractivity contribution in [2.45, 2.75) is 0 Å². The van der Waals surface area contributed by atoms with Crippen molar-refractivity contribution in [3.05, 3.63) is 54.1 Å². The minimum absolute atomic E-state index is 0.322. The molecule has 4 heteroatoms. The molecule has 17 heavy (non-hydrogen) atoms. The number of ether oxygens (including phenoxy) is 1. The van der Waals surface area contributed by atoms with Crippen LogP contribution < -0.4 is 0 Å². The third-order valence-corrected chi connectivity index (χ3v) is 2.38. The Labute approximate surface area is 97.9 Å². The first-order chi connectivity index (χ1) is 8.22. The predicted octanol–water partition coefficient (Wildman–Crippen LogP) is 2.67. The fourth-order valence-electron chi connectivity index (χ4n) is 1.54. The standard InChI is InChI=1S/C13H10FNO2/c1-17-13(16)11-6-7-15-8-12(11)9-2-4-10(14)5-3-9/h2-8H,1H3. The lowest BCUT2D eigenvalue weighted by molar-refractivity contribution is 0.0601. The van der Waals surface area contributed by atoms with Crippen molar-refractivity contribution in [1.82, 2.24) is 4.98 Å². The highest BCUT2D eigenvalue weighted by Crippen LogP contribution is 2.23. The molecular weight excluding hydrogens is 221 g/mol. The second kappa shape index (κ2) is 4.74. The van der Waals surface area contributed by atoms with E-state index in [1.54, 1.807) is 24.4 Å². The van der Waals surface area contributed by atoms with E-state index < -0.39 is 5.97 Å². The number of hydrogen-bond acceptors (Lipinski definition) is 3. The van der Waals surface area contributed by atoms with Crippen LogP contribution in [0.5, 0.6) is 0 Å². The molecule has 0 N–H and O–H groups in total. The molecule has 0 aliphatic heterocycles. The highest BCUT2D eigenvalue weighted by molar-refractivity contribution is 5.96. The van der Waals surface area contributed by atoms with Crippen LogP contribution in [0.4, 0.5) is 4.39 Å². The van der Waals surface area contributed by atoms with Crippen LogP contribution in [0.2, 0.25) is 0 Å². The van der Waals surface area contributed by atoms with Gasteiger partial charge in [0.1, 0.15) is 5.82 Å². The van der Waals surface area contributed by atoms with Crippen LogP contribution in [0.25, 0.3) is 11.1 Å². The molecular formula is C13H10FNO2. The van der Waals surface area contributed by atoms with E-state index in [2.05, 4.69) is 9.72 Å². The summed E-state index contributed by atoms with van der Waals surface area (Å²) in [4.78, 5) is 15.5. The molecule has 3 nitrogen and oxygen atoms in total. The quantitative estimate of drug-likeness (QED) is 0.746. The van der Waals surface area contributed by atoms with Crippen LogP contribution in [0.15, 0.2) is 42.7 Å². The lowest BCUT2D eigenvalue weighted by Gasteiger charge is -2.06. The van der Waals surface area contributed by atoms with Crippen molar-refractivity contribution in [1.29, 1.82) is 0 Å². The van der Waals surface area contributed by atoms with Gasteiger partial charge in [-0.05, 0) is 23.8 Å². The third kappa shape index (κ3) is 2.30. The monoisotopic (exact) mass is 231 g/mol. The van der Waals surface area contributed by atoms with Crippen molar-refractivity contribution >= 4 is 5.97 Å². The van der Waals surface area contributed by atoms with E-state index in [0.29, 0.717) is 11.1 Å². The van der Waals surface area contributed by atoms with Gasteiger partial charge in [0, 0.05) is 18.0 Å². The van der Waals surface area contributed by atoms with Crippen molar-refractivity contribution < 1.29 is 13.9 Å². The number of halogens is 1. The van der Waals surface area contributed by atoms with Crippen molar-refractivity contribution in [2.75, 3.05) is 7.11 Å². The van der Waals surface area contributed by atoms with Crippen molar-refractivity contribution in [3.8, 4) is 11.1 Å². The maximum absolute atomic E-state index is 12.8. The van der Waals surface area contributed by atoms with Crippen LogP contribution in [0.1, 0.15) is 10.4 Å². The van der Waals surface area contributed by atoms with Gasteiger partial charge in [-0.3, -0.25) is 4.98 Å². The highest BCUT2D eigenvalue weighted by atomic mass is 19.1. The second-order valence-corrected chi connectivity index (χ2v) is 3.42. The Bertz CT molecular complexity index is 537. The normalized spacial score (nSPS) is 10.0. The molecule has 2 aromatic rings. The molecule has 0 amide bonds.